The van der Waals surface area contributed by atoms with E-state index in [1.165, 1.54) is 19.1 Å². The lowest BCUT2D eigenvalue weighted by molar-refractivity contribution is 0.0953. The Kier molecular flexibility index (Phi) is 4.58. The van der Waals surface area contributed by atoms with E-state index >= 15 is 0 Å². The van der Waals surface area contributed by atoms with Crippen LogP contribution in [0.2, 0.25) is 0 Å². The monoisotopic (exact) mass is 287 g/mol. The Morgan fingerprint density at radius 3 is 2.48 bits per heavy atom. The second-order valence-electron chi connectivity index (χ2n) is 4.90. The molecule has 0 aliphatic heterocycles. The zero-order valence-electron chi connectivity index (χ0n) is 12.1. The summed E-state index contributed by atoms with van der Waals surface area (Å²) in [5.74, 6) is -0.632. The van der Waals surface area contributed by atoms with Crippen LogP contribution < -0.4 is 5.32 Å². The van der Waals surface area contributed by atoms with Crippen molar-refractivity contribution in [3.63, 3.8) is 0 Å². The van der Waals surface area contributed by atoms with Gasteiger partial charge in [0.25, 0.3) is 5.91 Å². The first-order valence-electron chi connectivity index (χ1n) is 6.91. The molecule has 0 bridgehead atoms. The van der Waals surface area contributed by atoms with E-state index in [1.54, 1.807) is 24.3 Å². The largest absolute Gasteiger partial charge is 0.507 e. The zero-order valence-corrected chi connectivity index (χ0v) is 12.1. The number of aromatic hydroxyl groups is 1. The van der Waals surface area contributed by atoms with Crippen molar-refractivity contribution in [2.45, 2.75) is 20.3 Å². The Labute approximate surface area is 123 Å². The fourth-order valence-corrected chi connectivity index (χ4v) is 2.05. The predicted octanol–water partition coefficient (Wildman–Crippen LogP) is 3.65. The fourth-order valence-electron chi connectivity index (χ4n) is 2.05. The molecule has 2 aromatic carbocycles. The number of halogens is 1. The molecular weight excluding hydrogens is 269 g/mol. The van der Waals surface area contributed by atoms with Gasteiger partial charge in [-0.15, -0.1) is 0 Å². The number of amides is 1. The van der Waals surface area contributed by atoms with Gasteiger partial charge in [-0.05, 0) is 43.2 Å². The number of phenolic OH excluding ortho intramolecular Hbond substituents is 1. The highest BCUT2D eigenvalue weighted by atomic mass is 19.1. The van der Waals surface area contributed by atoms with E-state index in [-0.39, 0.29) is 17.2 Å². The van der Waals surface area contributed by atoms with Gasteiger partial charge in [0.1, 0.15) is 11.6 Å². The van der Waals surface area contributed by atoms with Gasteiger partial charge in [0.2, 0.25) is 0 Å². The van der Waals surface area contributed by atoms with Crippen molar-refractivity contribution >= 4 is 5.91 Å². The van der Waals surface area contributed by atoms with E-state index in [1.807, 2.05) is 6.92 Å². The third-order valence-electron chi connectivity index (χ3n) is 3.36. The minimum atomic E-state index is -0.438. The molecule has 0 spiro atoms. The van der Waals surface area contributed by atoms with Gasteiger partial charge in [0, 0.05) is 23.2 Å². The van der Waals surface area contributed by atoms with Gasteiger partial charge >= 0.3 is 0 Å². The molecule has 0 atom stereocenters. The lowest BCUT2D eigenvalue weighted by Crippen LogP contribution is -2.23. The van der Waals surface area contributed by atoms with Crippen LogP contribution in [0.4, 0.5) is 4.39 Å². The van der Waals surface area contributed by atoms with E-state index in [0.29, 0.717) is 17.7 Å². The molecule has 0 heterocycles. The summed E-state index contributed by atoms with van der Waals surface area (Å²) in [7, 11) is 0. The molecule has 0 unspecified atom stereocenters. The van der Waals surface area contributed by atoms with Crippen molar-refractivity contribution in [3.05, 3.63) is 53.3 Å². The first-order chi connectivity index (χ1) is 10.0. The van der Waals surface area contributed by atoms with E-state index in [2.05, 4.69) is 5.32 Å². The quantitative estimate of drug-likeness (QED) is 0.902. The predicted molar refractivity (Wildman–Crippen MR) is 80.9 cm³/mol. The number of carbonyl (C=O) groups excluding carboxylic acids is 1. The van der Waals surface area contributed by atoms with Gasteiger partial charge in [-0.1, -0.05) is 19.1 Å². The van der Waals surface area contributed by atoms with Crippen LogP contribution >= 0.6 is 0 Å². The number of rotatable bonds is 4. The van der Waals surface area contributed by atoms with Crippen molar-refractivity contribution < 1.29 is 14.3 Å². The summed E-state index contributed by atoms with van der Waals surface area (Å²) in [6.45, 7) is 4.16. The van der Waals surface area contributed by atoms with Crippen LogP contribution in [0.15, 0.2) is 36.4 Å². The lowest BCUT2D eigenvalue weighted by atomic mass is 10.00. The van der Waals surface area contributed by atoms with Crippen LogP contribution in [0.25, 0.3) is 11.1 Å². The Morgan fingerprint density at radius 2 is 1.86 bits per heavy atom. The van der Waals surface area contributed by atoms with Crippen molar-refractivity contribution in [3.8, 4) is 16.9 Å². The molecule has 1 amide bonds. The third kappa shape index (κ3) is 3.21. The standard InChI is InChI=1S/C17H18FNO2/c1-3-10-19-17(21)13-6-4-12(5-7-13)14-8-9-15(18)11(2)16(14)20/h4-9,20H,3,10H2,1-2H3,(H,19,21). The van der Waals surface area contributed by atoms with E-state index in [0.717, 1.165) is 12.0 Å². The van der Waals surface area contributed by atoms with Gasteiger partial charge in [-0.25, -0.2) is 4.39 Å². The Balaban J connectivity index is 2.27. The van der Waals surface area contributed by atoms with E-state index < -0.39 is 5.82 Å². The van der Waals surface area contributed by atoms with Crippen LogP contribution in [0, 0.1) is 12.7 Å². The molecule has 4 heteroatoms. The molecule has 2 rings (SSSR count). The zero-order chi connectivity index (χ0) is 15.4. The van der Waals surface area contributed by atoms with Gasteiger partial charge in [0.15, 0.2) is 0 Å². The molecule has 0 saturated carbocycles. The third-order valence-corrected chi connectivity index (χ3v) is 3.36. The average molecular weight is 287 g/mol. The molecule has 0 aromatic heterocycles. The summed E-state index contributed by atoms with van der Waals surface area (Å²) in [5.41, 5.74) is 2.07. The second kappa shape index (κ2) is 6.39. The molecule has 0 aliphatic rings. The maximum absolute atomic E-state index is 13.4. The molecule has 110 valence electrons. The van der Waals surface area contributed by atoms with E-state index in [4.69, 9.17) is 0 Å². The number of carbonyl (C=O) groups is 1. The van der Waals surface area contributed by atoms with Crippen molar-refractivity contribution in [2.75, 3.05) is 6.54 Å². The smallest absolute Gasteiger partial charge is 0.251 e. The summed E-state index contributed by atoms with van der Waals surface area (Å²) < 4.78 is 13.4. The maximum Gasteiger partial charge on any atom is 0.251 e. The summed E-state index contributed by atoms with van der Waals surface area (Å²) in [6, 6.07) is 9.73. The molecule has 0 fully saturated rings. The SMILES string of the molecule is CCCNC(=O)c1ccc(-c2ccc(F)c(C)c2O)cc1. The molecule has 0 aliphatic carbocycles. The fraction of sp³-hybridized carbons (Fsp3) is 0.235. The van der Waals surface area contributed by atoms with Crippen LogP contribution in [0.5, 0.6) is 5.75 Å². The van der Waals surface area contributed by atoms with Crippen LogP contribution in [-0.4, -0.2) is 17.6 Å². The Hall–Kier alpha value is -2.36. The number of phenols is 1. The number of hydrogen-bond acceptors (Lipinski definition) is 2. The number of nitrogens with one attached hydrogen (secondary N) is 1. The van der Waals surface area contributed by atoms with Gasteiger partial charge in [-0.2, -0.15) is 0 Å². The maximum atomic E-state index is 13.4. The topological polar surface area (TPSA) is 49.3 Å². The lowest BCUT2D eigenvalue weighted by Gasteiger charge is -2.09. The van der Waals surface area contributed by atoms with Crippen molar-refractivity contribution in [1.29, 1.82) is 0 Å². The first-order valence-corrected chi connectivity index (χ1v) is 6.91. The van der Waals surface area contributed by atoms with E-state index in [9.17, 15) is 14.3 Å². The molecule has 21 heavy (non-hydrogen) atoms. The number of hydrogen-bond donors (Lipinski definition) is 2. The first kappa shape index (κ1) is 15.0. The molecule has 3 nitrogen and oxygen atoms in total. The average Bonchev–Trinajstić information content (AvgIpc) is 2.51. The normalized spacial score (nSPS) is 10.4. The minimum absolute atomic E-state index is 0.0711. The summed E-state index contributed by atoms with van der Waals surface area (Å²) >= 11 is 0. The summed E-state index contributed by atoms with van der Waals surface area (Å²) in [5, 5.41) is 12.8. The minimum Gasteiger partial charge on any atom is -0.507 e. The molecule has 2 N–H and O–H groups in total. The van der Waals surface area contributed by atoms with Crippen LogP contribution in [0.3, 0.4) is 0 Å². The van der Waals surface area contributed by atoms with Crippen LogP contribution in [0.1, 0.15) is 29.3 Å². The Bertz CT molecular complexity index is 651. The molecule has 0 saturated heterocycles. The Morgan fingerprint density at radius 1 is 1.19 bits per heavy atom. The molecule has 2 aromatic rings. The highest BCUT2D eigenvalue weighted by Crippen LogP contribution is 2.33. The van der Waals surface area contributed by atoms with Crippen LogP contribution in [-0.2, 0) is 0 Å². The van der Waals surface area contributed by atoms with Crippen molar-refractivity contribution in [2.24, 2.45) is 0 Å². The number of benzene rings is 2. The van der Waals surface area contributed by atoms with Gasteiger partial charge < -0.3 is 10.4 Å². The molecular formula is C17H18FNO2. The summed E-state index contributed by atoms with van der Waals surface area (Å²) in [6.07, 6.45) is 0.882. The second-order valence-corrected chi connectivity index (χ2v) is 4.90. The van der Waals surface area contributed by atoms with Gasteiger partial charge in [-0.3, -0.25) is 4.79 Å². The highest BCUT2D eigenvalue weighted by molar-refractivity contribution is 5.94. The van der Waals surface area contributed by atoms with Gasteiger partial charge in [0.05, 0.1) is 0 Å². The highest BCUT2D eigenvalue weighted by Gasteiger charge is 2.11. The molecule has 0 radical (unpaired) electrons. The summed E-state index contributed by atoms with van der Waals surface area (Å²) in [4.78, 5) is 11.8. The van der Waals surface area contributed by atoms with Crippen molar-refractivity contribution in [1.82, 2.24) is 5.32 Å².